The van der Waals surface area contributed by atoms with Crippen LogP contribution in [0.1, 0.15) is 23.2 Å². The van der Waals surface area contributed by atoms with Gasteiger partial charge in [-0.05, 0) is 18.6 Å². The van der Waals surface area contributed by atoms with Crippen molar-refractivity contribution in [1.29, 1.82) is 0 Å². The van der Waals surface area contributed by atoms with E-state index in [0.717, 1.165) is 12.1 Å². The highest BCUT2D eigenvalue weighted by Gasteiger charge is 2.13. The molecule has 23 heavy (non-hydrogen) atoms. The summed E-state index contributed by atoms with van der Waals surface area (Å²) in [6, 6.07) is 2.76. The normalized spacial score (nSPS) is 10.0. The molecule has 1 aromatic rings. The Labute approximate surface area is 134 Å². The van der Waals surface area contributed by atoms with Gasteiger partial charge >= 0.3 is 0 Å². The first-order chi connectivity index (χ1) is 11.0. The first kappa shape index (κ1) is 18.5. The lowest BCUT2D eigenvalue weighted by Gasteiger charge is -2.19. The van der Waals surface area contributed by atoms with Crippen LogP contribution in [0.15, 0.2) is 43.5 Å². The van der Waals surface area contributed by atoms with E-state index in [9.17, 15) is 18.4 Å². The maximum Gasteiger partial charge on any atom is 0.254 e. The van der Waals surface area contributed by atoms with Gasteiger partial charge in [-0.15, -0.1) is 13.2 Å². The maximum absolute atomic E-state index is 13.4. The second kappa shape index (κ2) is 9.50. The largest absolute Gasteiger partial charge is 0.352 e. The van der Waals surface area contributed by atoms with E-state index in [0.29, 0.717) is 25.6 Å². The fraction of sp³-hybridized carbons (Fsp3) is 0.294. The average Bonchev–Trinajstić information content (AvgIpc) is 2.51. The van der Waals surface area contributed by atoms with Crippen LogP contribution in [0.2, 0.25) is 0 Å². The van der Waals surface area contributed by atoms with Crippen molar-refractivity contribution in [2.75, 3.05) is 19.6 Å². The molecular weight excluding hydrogens is 302 g/mol. The Morgan fingerprint density at radius 2 is 1.83 bits per heavy atom. The van der Waals surface area contributed by atoms with Crippen molar-refractivity contribution in [3.8, 4) is 0 Å². The lowest BCUT2D eigenvalue weighted by atomic mass is 10.2. The van der Waals surface area contributed by atoms with Gasteiger partial charge in [0.25, 0.3) is 5.91 Å². The quantitative estimate of drug-likeness (QED) is 0.561. The highest BCUT2D eigenvalue weighted by molar-refractivity contribution is 5.94. The van der Waals surface area contributed by atoms with Crippen molar-refractivity contribution < 1.29 is 18.4 Å². The molecule has 0 spiro atoms. The minimum absolute atomic E-state index is 0.0768. The molecule has 0 aromatic heterocycles. The van der Waals surface area contributed by atoms with Gasteiger partial charge in [-0.2, -0.15) is 0 Å². The van der Waals surface area contributed by atoms with E-state index in [1.54, 1.807) is 17.1 Å². The van der Waals surface area contributed by atoms with Crippen LogP contribution in [0.4, 0.5) is 8.78 Å². The van der Waals surface area contributed by atoms with E-state index in [2.05, 4.69) is 18.5 Å². The Hall–Kier alpha value is -2.50. The highest BCUT2D eigenvalue weighted by atomic mass is 19.1. The zero-order valence-electron chi connectivity index (χ0n) is 12.9. The molecule has 4 nitrogen and oxygen atoms in total. The fourth-order valence-corrected chi connectivity index (χ4v) is 1.96. The standard InChI is InChI=1S/C17H20F2N2O2/c1-3-10-21(11-4-2)16(22)6-5-9-20-17(23)14-8-7-13(18)12-15(14)19/h3-4,7-8,12H,1-2,5-6,9-11H2,(H,20,23). The number of hydrogen-bond acceptors (Lipinski definition) is 2. The molecule has 0 fully saturated rings. The van der Waals surface area contributed by atoms with Crippen molar-refractivity contribution in [3.05, 3.63) is 60.7 Å². The van der Waals surface area contributed by atoms with Gasteiger partial charge in [0.1, 0.15) is 11.6 Å². The fourth-order valence-electron chi connectivity index (χ4n) is 1.96. The topological polar surface area (TPSA) is 49.4 Å². The number of carbonyl (C=O) groups is 2. The first-order valence-electron chi connectivity index (χ1n) is 7.22. The molecule has 0 aliphatic carbocycles. The Morgan fingerprint density at radius 3 is 2.39 bits per heavy atom. The van der Waals surface area contributed by atoms with E-state index in [1.165, 1.54) is 0 Å². The molecule has 1 aromatic carbocycles. The third-order valence-electron chi connectivity index (χ3n) is 3.08. The van der Waals surface area contributed by atoms with Crippen LogP contribution in [-0.2, 0) is 4.79 Å². The number of rotatable bonds is 9. The molecule has 6 heteroatoms. The van der Waals surface area contributed by atoms with Gasteiger partial charge in [0, 0.05) is 32.1 Å². The second-order valence-electron chi connectivity index (χ2n) is 4.86. The predicted molar refractivity (Wildman–Crippen MR) is 84.9 cm³/mol. The lowest BCUT2D eigenvalue weighted by Crippen LogP contribution is -2.32. The third kappa shape index (κ3) is 6.02. The number of nitrogens with one attached hydrogen (secondary N) is 1. The molecule has 0 saturated carbocycles. The molecule has 2 amide bonds. The van der Waals surface area contributed by atoms with E-state index < -0.39 is 17.5 Å². The summed E-state index contributed by atoms with van der Waals surface area (Å²) < 4.78 is 26.2. The van der Waals surface area contributed by atoms with Crippen molar-refractivity contribution in [2.24, 2.45) is 0 Å². The highest BCUT2D eigenvalue weighted by Crippen LogP contribution is 2.09. The van der Waals surface area contributed by atoms with E-state index >= 15 is 0 Å². The Bertz CT molecular complexity index is 578. The van der Waals surface area contributed by atoms with Crippen LogP contribution in [0.25, 0.3) is 0 Å². The first-order valence-corrected chi connectivity index (χ1v) is 7.22. The van der Waals surface area contributed by atoms with Crippen LogP contribution >= 0.6 is 0 Å². The van der Waals surface area contributed by atoms with E-state index in [4.69, 9.17) is 0 Å². The molecule has 0 saturated heterocycles. The molecule has 0 bridgehead atoms. The molecule has 0 unspecified atom stereocenters. The number of hydrogen-bond donors (Lipinski definition) is 1. The van der Waals surface area contributed by atoms with Crippen LogP contribution in [-0.4, -0.2) is 36.3 Å². The van der Waals surface area contributed by atoms with Crippen LogP contribution in [0.5, 0.6) is 0 Å². The maximum atomic E-state index is 13.4. The van der Waals surface area contributed by atoms with Gasteiger partial charge < -0.3 is 10.2 Å². The summed E-state index contributed by atoms with van der Waals surface area (Å²) in [5, 5.41) is 2.51. The van der Waals surface area contributed by atoms with Gasteiger partial charge in [-0.3, -0.25) is 9.59 Å². The zero-order valence-corrected chi connectivity index (χ0v) is 12.9. The van der Waals surface area contributed by atoms with Gasteiger partial charge in [0.05, 0.1) is 5.56 Å². The molecule has 0 atom stereocenters. The number of amides is 2. The number of carbonyl (C=O) groups excluding carboxylic acids is 2. The number of halogens is 2. The van der Waals surface area contributed by atoms with Crippen LogP contribution < -0.4 is 5.32 Å². The summed E-state index contributed by atoms with van der Waals surface area (Å²) in [6.07, 6.45) is 3.91. The Kier molecular flexibility index (Phi) is 7.66. The lowest BCUT2D eigenvalue weighted by molar-refractivity contribution is -0.130. The van der Waals surface area contributed by atoms with Gasteiger partial charge in [-0.1, -0.05) is 12.2 Å². The van der Waals surface area contributed by atoms with Crippen LogP contribution in [0.3, 0.4) is 0 Å². The number of benzene rings is 1. The van der Waals surface area contributed by atoms with Crippen molar-refractivity contribution in [2.45, 2.75) is 12.8 Å². The molecule has 0 aliphatic heterocycles. The molecule has 0 aliphatic rings. The van der Waals surface area contributed by atoms with Crippen molar-refractivity contribution >= 4 is 11.8 Å². The summed E-state index contributed by atoms with van der Waals surface area (Å²) in [5.41, 5.74) is -0.224. The Balaban J connectivity index is 2.41. The van der Waals surface area contributed by atoms with Crippen molar-refractivity contribution in [1.82, 2.24) is 10.2 Å². The zero-order chi connectivity index (χ0) is 17.2. The summed E-state index contributed by atoms with van der Waals surface area (Å²) in [5.74, 6) is -2.37. The number of nitrogens with zero attached hydrogens (tertiary/aromatic N) is 1. The Morgan fingerprint density at radius 1 is 1.17 bits per heavy atom. The minimum Gasteiger partial charge on any atom is -0.352 e. The monoisotopic (exact) mass is 322 g/mol. The van der Waals surface area contributed by atoms with E-state index in [-0.39, 0.29) is 24.4 Å². The SMILES string of the molecule is C=CCN(CC=C)C(=O)CCCNC(=O)c1ccc(F)cc1F. The average molecular weight is 322 g/mol. The summed E-state index contributed by atoms with van der Waals surface area (Å²) in [4.78, 5) is 25.3. The molecule has 1 rings (SSSR count). The summed E-state index contributed by atoms with van der Waals surface area (Å²) in [6.45, 7) is 8.25. The smallest absolute Gasteiger partial charge is 0.254 e. The van der Waals surface area contributed by atoms with Gasteiger partial charge in [0.2, 0.25) is 5.91 Å². The third-order valence-corrected chi connectivity index (χ3v) is 3.08. The van der Waals surface area contributed by atoms with Crippen molar-refractivity contribution in [3.63, 3.8) is 0 Å². The minimum atomic E-state index is -0.915. The predicted octanol–water partition coefficient (Wildman–Crippen LogP) is 2.68. The molecule has 0 radical (unpaired) electrons. The summed E-state index contributed by atoms with van der Waals surface area (Å²) in [7, 11) is 0. The van der Waals surface area contributed by atoms with E-state index in [1.807, 2.05) is 0 Å². The molecule has 124 valence electrons. The molecular formula is C17H20F2N2O2. The molecule has 0 heterocycles. The second-order valence-corrected chi connectivity index (χ2v) is 4.86. The van der Waals surface area contributed by atoms with Crippen LogP contribution in [0, 0.1) is 11.6 Å². The summed E-state index contributed by atoms with van der Waals surface area (Å²) >= 11 is 0. The van der Waals surface area contributed by atoms with Gasteiger partial charge in [-0.25, -0.2) is 8.78 Å². The van der Waals surface area contributed by atoms with Gasteiger partial charge in [0.15, 0.2) is 0 Å². The molecule has 1 N–H and O–H groups in total.